The number of halogens is 2. The van der Waals surface area contributed by atoms with Gasteiger partial charge in [0.1, 0.15) is 17.7 Å². The fraction of sp³-hybridized carbons (Fsp3) is 0. The van der Waals surface area contributed by atoms with E-state index >= 15 is 0 Å². The Morgan fingerprint density at radius 1 is 1.27 bits per heavy atom. The van der Waals surface area contributed by atoms with Gasteiger partial charge in [0.15, 0.2) is 11.6 Å². The van der Waals surface area contributed by atoms with E-state index in [1.54, 1.807) is 12.1 Å². The Bertz CT molecular complexity index is 491. The number of benzene rings is 1. The topological polar surface area (TPSA) is 73.6 Å². The molecule has 5 heteroatoms. The molecule has 0 fully saturated rings. The van der Waals surface area contributed by atoms with Crippen molar-refractivity contribution in [3.05, 3.63) is 34.9 Å². The van der Waals surface area contributed by atoms with Crippen molar-refractivity contribution in [2.75, 3.05) is 5.73 Å². The van der Waals surface area contributed by atoms with Gasteiger partial charge in [0.25, 0.3) is 0 Å². The Hall–Kier alpha value is -2.40. The summed E-state index contributed by atoms with van der Waals surface area (Å²) in [6, 6.07) is 5.26. The molecular formula is C10H5F2N3. The number of anilines is 1. The minimum absolute atomic E-state index is 0.104. The smallest absolute Gasteiger partial charge is 0.182 e. The van der Waals surface area contributed by atoms with Crippen LogP contribution in [0.1, 0.15) is 5.56 Å². The molecule has 0 unspecified atom stereocenters. The third-order valence-electron chi connectivity index (χ3n) is 1.71. The van der Waals surface area contributed by atoms with E-state index in [0.29, 0.717) is 0 Å². The molecule has 0 saturated heterocycles. The predicted molar refractivity (Wildman–Crippen MR) is 50.0 cm³/mol. The van der Waals surface area contributed by atoms with Crippen LogP contribution in [0.25, 0.3) is 6.08 Å². The second-order valence-electron chi connectivity index (χ2n) is 2.65. The lowest BCUT2D eigenvalue weighted by Crippen LogP contribution is -1.97. The van der Waals surface area contributed by atoms with Gasteiger partial charge in [-0.2, -0.15) is 10.5 Å². The van der Waals surface area contributed by atoms with E-state index in [1.807, 2.05) is 0 Å². The summed E-state index contributed by atoms with van der Waals surface area (Å²) >= 11 is 0. The molecule has 2 N–H and O–H groups in total. The lowest BCUT2D eigenvalue weighted by atomic mass is 10.1. The van der Waals surface area contributed by atoms with Crippen molar-refractivity contribution in [3.8, 4) is 12.1 Å². The summed E-state index contributed by atoms with van der Waals surface area (Å²) in [5, 5.41) is 16.9. The first-order valence-electron chi connectivity index (χ1n) is 3.85. The van der Waals surface area contributed by atoms with Crippen molar-refractivity contribution in [2.24, 2.45) is 0 Å². The van der Waals surface area contributed by atoms with Gasteiger partial charge in [-0.1, -0.05) is 0 Å². The normalized spacial score (nSPS) is 8.80. The van der Waals surface area contributed by atoms with Crippen LogP contribution in [0.2, 0.25) is 0 Å². The molecule has 0 bridgehead atoms. The van der Waals surface area contributed by atoms with E-state index < -0.39 is 17.3 Å². The van der Waals surface area contributed by atoms with Gasteiger partial charge in [-0.05, 0) is 18.2 Å². The second kappa shape index (κ2) is 4.21. The van der Waals surface area contributed by atoms with Crippen LogP contribution >= 0.6 is 0 Å². The highest BCUT2D eigenvalue weighted by Gasteiger charge is 2.09. The quantitative estimate of drug-likeness (QED) is 0.562. The van der Waals surface area contributed by atoms with E-state index in [9.17, 15) is 8.78 Å². The Kier molecular flexibility index (Phi) is 3.00. The summed E-state index contributed by atoms with van der Waals surface area (Å²) < 4.78 is 25.6. The highest BCUT2D eigenvalue weighted by molar-refractivity contribution is 5.70. The van der Waals surface area contributed by atoms with Crippen LogP contribution in [0.15, 0.2) is 17.7 Å². The van der Waals surface area contributed by atoms with Gasteiger partial charge in [-0.15, -0.1) is 0 Å². The first-order valence-corrected chi connectivity index (χ1v) is 3.85. The maximum atomic E-state index is 13.0. The van der Waals surface area contributed by atoms with Gasteiger partial charge < -0.3 is 5.73 Å². The molecule has 0 saturated carbocycles. The Morgan fingerprint density at radius 2 is 1.87 bits per heavy atom. The Morgan fingerprint density at radius 3 is 2.40 bits per heavy atom. The highest BCUT2D eigenvalue weighted by atomic mass is 19.2. The van der Waals surface area contributed by atoms with Crippen molar-refractivity contribution in [3.63, 3.8) is 0 Å². The molecule has 0 amide bonds. The third kappa shape index (κ3) is 2.09. The van der Waals surface area contributed by atoms with E-state index in [2.05, 4.69) is 0 Å². The van der Waals surface area contributed by atoms with Gasteiger partial charge in [0, 0.05) is 5.56 Å². The van der Waals surface area contributed by atoms with E-state index in [-0.39, 0.29) is 11.1 Å². The fourth-order valence-electron chi connectivity index (χ4n) is 0.952. The van der Waals surface area contributed by atoms with E-state index in [0.717, 1.165) is 12.1 Å². The first kappa shape index (κ1) is 10.7. The van der Waals surface area contributed by atoms with Crippen LogP contribution in [-0.2, 0) is 0 Å². The van der Waals surface area contributed by atoms with Gasteiger partial charge in [-0.25, -0.2) is 8.78 Å². The Balaban J connectivity index is 3.32. The highest BCUT2D eigenvalue weighted by Crippen LogP contribution is 2.21. The van der Waals surface area contributed by atoms with E-state index in [1.165, 1.54) is 6.07 Å². The van der Waals surface area contributed by atoms with Crippen LogP contribution in [0, 0.1) is 34.3 Å². The third-order valence-corrected chi connectivity index (χ3v) is 1.71. The summed E-state index contributed by atoms with van der Waals surface area (Å²) in [7, 11) is 0. The standard InChI is InChI=1S/C10H5F2N3/c11-8-2-1-7(10(15)9(8)12)3-6(4-13)5-14/h1-3H,15H2. The van der Waals surface area contributed by atoms with Crippen LogP contribution in [-0.4, -0.2) is 0 Å². The van der Waals surface area contributed by atoms with Crippen molar-refractivity contribution < 1.29 is 8.78 Å². The molecule has 0 radical (unpaired) electrons. The van der Waals surface area contributed by atoms with Crippen molar-refractivity contribution in [1.82, 2.24) is 0 Å². The Labute approximate surface area is 84.7 Å². The number of nitrogens with two attached hydrogens (primary N) is 1. The minimum atomic E-state index is -1.18. The average Bonchev–Trinajstić information content (AvgIpc) is 2.25. The number of hydrogen-bond donors (Lipinski definition) is 1. The zero-order valence-corrected chi connectivity index (χ0v) is 7.46. The van der Waals surface area contributed by atoms with Crippen LogP contribution in [0.5, 0.6) is 0 Å². The minimum Gasteiger partial charge on any atom is -0.396 e. The molecule has 0 aliphatic rings. The second-order valence-corrected chi connectivity index (χ2v) is 2.65. The largest absolute Gasteiger partial charge is 0.396 e. The van der Waals surface area contributed by atoms with Crippen LogP contribution in [0.3, 0.4) is 0 Å². The summed E-state index contributed by atoms with van der Waals surface area (Å²) in [6.07, 6.45) is 1.10. The number of allylic oxidation sites excluding steroid dienone is 1. The van der Waals surface area contributed by atoms with Gasteiger partial charge in [0.05, 0.1) is 5.69 Å². The van der Waals surface area contributed by atoms with Gasteiger partial charge in [0.2, 0.25) is 0 Å². The zero-order valence-electron chi connectivity index (χ0n) is 7.46. The van der Waals surface area contributed by atoms with Crippen LogP contribution in [0.4, 0.5) is 14.5 Å². The lowest BCUT2D eigenvalue weighted by molar-refractivity contribution is 0.512. The average molecular weight is 205 g/mol. The monoisotopic (exact) mass is 205 g/mol. The van der Waals surface area contributed by atoms with Gasteiger partial charge in [-0.3, -0.25) is 0 Å². The van der Waals surface area contributed by atoms with Crippen LogP contribution < -0.4 is 5.73 Å². The molecule has 1 aromatic rings. The number of nitrogens with zero attached hydrogens (tertiary/aromatic N) is 2. The number of nitrogen functional groups attached to an aromatic ring is 1. The summed E-state index contributed by atoms with van der Waals surface area (Å²) in [5.41, 5.74) is 4.72. The number of nitriles is 2. The molecule has 0 spiro atoms. The maximum Gasteiger partial charge on any atom is 0.182 e. The molecule has 1 rings (SSSR count). The number of hydrogen-bond acceptors (Lipinski definition) is 3. The predicted octanol–water partition coefficient (Wildman–Crippen LogP) is 1.98. The molecule has 1 aromatic carbocycles. The molecule has 0 aliphatic carbocycles. The molecule has 3 nitrogen and oxygen atoms in total. The van der Waals surface area contributed by atoms with Crippen molar-refractivity contribution >= 4 is 11.8 Å². The van der Waals surface area contributed by atoms with Crippen molar-refractivity contribution in [2.45, 2.75) is 0 Å². The molecule has 74 valence electrons. The number of rotatable bonds is 1. The lowest BCUT2D eigenvalue weighted by Gasteiger charge is -2.01. The molecule has 0 aliphatic heterocycles. The van der Waals surface area contributed by atoms with E-state index in [4.69, 9.17) is 16.3 Å². The fourth-order valence-corrected chi connectivity index (χ4v) is 0.952. The van der Waals surface area contributed by atoms with Gasteiger partial charge >= 0.3 is 0 Å². The zero-order chi connectivity index (χ0) is 11.4. The SMILES string of the molecule is N#CC(C#N)=Cc1ccc(F)c(F)c1N. The summed E-state index contributed by atoms with van der Waals surface area (Å²) in [4.78, 5) is 0. The summed E-state index contributed by atoms with van der Waals surface area (Å²) in [5.74, 6) is -2.25. The van der Waals surface area contributed by atoms with Crippen molar-refractivity contribution in [1.29, 1.82) is 10.5 Å². The first-order chi connectivity index (χ1) is 7.10. The molecular weight excluding hydrogens is 200 g/mol. The summed E-state index contributed by atoms with van der Waals surface area (Å²) in [6.45, 7) is 0. The maximum absolute atomic E-state index is 13.0. The molecule has 0 atom stereocenters. The molecule has 15 heavy (non-hydrogen) atoms. The molecule has 0 heterocycles. The molecule has 0 aromatic heterocycles.